The van der Waals surface area contributed by atoms with Crippen molar-refractivity contribution >= 4 is 24.2 Å². The van der Waals surface area contributed by atoms with E-state index in [1.54, 1.807) is 0 Å². The van der Waals surface area contributed by atoms with Gasteiger partial charge in [-0.1, -0.05) is 32.4 Å². The normalized spacial score (nSPS) is 15.0. The molecule has 0 unspecified atom stereocenters. The summed E-state index contributed by atoms with van der Waals surface area (Å²) < 4.78 is 0. The van der Waals surface area contributed by atoms with Crippen molar-refractivity contribution in [2.24, 2.45) is 27.2 Å². The molecule has 0 heterocycles. The molecule has 5 nitrogen and oxygen atoms in total. The number of nitrogens with two attached hydrogens (primary N) is 2. The number of rotatable bonds is 6. The lowest BCUT2D eigenvalue weighted by molar-refractivity contribution is 0.210. The third-order valence-electron chi connectivity index (χ3n) is 2.87. The Morgan fingerprint density at radius 2 is 1.80 bits per heavy atom. The third kappa shape index (κ3) is 7.50. The topological polar surface area (TPSA) is 80.0 Å². The van der Waals surface area contributed by atoms with Crippen molar-refractivity contribution in [2.75, 3.05) is 0 Å². The van der Waals surface area contributed by atoms with E-state index in [1.807, 2.05) is 27.0 Å². The molecule has 0 aromatic heterocycles. The molecule has 0 radical (unpaired) electrons. The average Bonchev–Trinajstić information content (AvgIpc) is 2.27. The highest BCUT2D eigenvalue weighted by Crippen LogP contribution is 2.24. The standard InChI is InChI=1S/C14H28ClN5/c1-11(15)12(18-9-13(2,3)4)7-8-14(5,6)20(17)10-19-16/h9-10H,7-8,16-17H2,1-6H3/b12-11+,18-9?,19-10-. The fourth-order valence-corrected chi connectivity index (χ4v) is 1.52. The molecule has 0 atom stereocenters. The molecule has 0 aromatic carbocycles. The van der Waals surface area contributed by atoms with Crippen LogP contribution in [0.2, 0.25) is 0 Å². The van der Waals surface area contributed by atoms with Gasteiger partial charge >= 0.3 is 0 Å². The van der Waals surface area contributed by atoms with Crippen LogP contribution >= 0.6 is 11.6 Å². The van der Waals surface area contributed by atoms with Crippen LogP contribution < -0.4 is 11.7 Å². The largest absolute Gasteiger partial charge is 0.322 e. The van der Waals surface area contributed by atoms with Gasteiger partial charge in [-0.2, -0.15) is 5.10 Å². The SMILES string of the molecule is C/C(Cl)=C(/CCC(C)(C)N(N)/C=N\N)N=CC(C)(C)C. The van der Waals surface area contributed by atoms with Gasteiger partial charge in [-0.3, -0.25) is 10.0 Å². The molecular formula is C14H28ClN5. The molecule has 116 valence electrons. The molecule has 4 N–H and O–H groups in total. The predicted molar refractivity (Wildman–Crippen MR) is 88.5 cm³/mol. The highest BCUT2D eigenvalue weighted by molar-refractivity contribution is 6.29. The lowest BCUT2D eigenvalue weighted by Gasteiger charge is -2.33. The molecule has 0 bridgehead atoms. The molecule has 0 aromatic rings. The minimum absolute atomic E-state index is 0.0270. The Balaban J connectivity index is 4.83. The summed E-state index contributed by atoms with van der Waals surface area (Å²) >= 11 is 6.12. The first-order valence-electron chi connectivity index (χ1n) is 6.67. The Morgan fingerprint density at radius 3 is 2.20 bits per heavy atom. The maximum Gasteiger partial charge on any atom is 0.125 e. The molecule has 6 heteroatoms. The van der Waals surface area contributed by atoms with Crippen LogP contribution in [0.3, 0.4) is 0 Å². The number of hydrazone groups is 1. The van der Waals surface area contributed by atoms with Gasteiger partial charge in [-0.25, -0.2) is 5.84 Å². The number of aliphatic imine (C=N–C) groups is 1. The van der Waals surface area contributed by atoms with Crippen LogP contribution in [-0.2, 0) is 0 Å². The number of allylic oxidation sites excluding steroid dienone is 2. The van der Waals surface area contributed by atoms with Gasteiger partial charge in [0, 0.05) is 11.2 Å². The van der Waals surface area contributed by atoms with Crippen molar-refractivity contribution in [1.29, 1.82) is 0 Å². The zero-order valence-electron chi connectivity index (χ0n) is 13.4. The van der Waals surface area contributed by atoms with Crippen LogP contribution in [0.5, 0.6) is 0 Å². The quantitative estimate of drug-likeness (QED) is 0.342. The summed E-state index contributed by atoms with van der Waals surface area (Å²) in [6.45, 7) is 12.2. The summed E-state index contributed by atoms with van der Waals surface area (Å²) in [5, 5.41) is 5.65. The molecule has 0 amide bonds. The number of hydrazine groups is 1. The summed E-state index contributed by atoms with van der Waals surface area (Å²) in [5.74, 6) is 11.0. The fourth-order valence-electron chi connectivity index (χ4n) is 1.38. The number of hydrogen-bond donors (Lipinski definition) is 2. The number of hydrogen-bond acceptors (Lipinski definition) is 4. The molecule has 0 aliphatic heterocycles. The molecule has 0 rings (SSSR count). The van der Waals surface area contributed by atoms with Crippen molar-refractivity contribution in [1.82, 2.24) is 5.01 Å². The summed E-state index contributed by atoms with van der Waals surface area (Å²) in [7, 11) is 0. The van der Waals surface area contributed by atoms with Gasteiger partial charge in [0.15, 0.2) is 0 Å². The van der Waals surface area contributed by atoms with Gasteiger partial charge < -0.3 is 5.84 Å². The van der Waals surface area contributed by atoms with Crippen LogP contribution in [0.25, 0.3) is 0 Å². The Bertz CT molecular complexity index is 387. The smallest absolute Gasteiger partial charge is 0.125 e. The summed E-state index contributed by atoms with van der Waals surface area (Å²) in [5.41, 5.74) is 0.629. The summed E-state index contributed by atoms with van der Waals surface area (Å²) in [6, 6.07) is 0. The van der Waals surface area contributed by atoms with Crippen molar-refractivity contribution in [3.05, 3.63) is 10.7 Å². The molecule has 0 saturated carbocycles. The molecule has 20 heavy (non-hydrogen) atoms. The van der Waals surface area contributed by atoms with E-state index in [-0.39, 0.29) is 11.0 Å². The molecule has 0 aliphatic rings. The van der Waals surface area contributed by atoms with E-state index in [1.165, 1.54) is 11.3 Å². The molecular weight excluding hydrogens is 274 g/mol. The minimum Gasteiger partial charge on any atom is -0.322 e. The molecule has 0 saturated heterocycles. The maximum atomic E-state index is 6.12. The van der Waals surface area contributed by atoms with Crippen LogP contribution in [0.1, 0.15) is 54.4 Å². The van der Waals surface area contributed by atoms with E-state index >= 15 is 0 Å². The Morgan fingerprint density at radius 1 is 1.25 bits per heavy atom. The lowest BCUT2D eigenvalue weighted by Crippen LogP contribution is -2.48. The molecule has 0 fully saturated rings. The Kier molecular flexibility index (Phi) is 7.23. The second-order valence-electron chi connectivity index (χ2n) is 6.59. The first kappa shape index (κ1) is 18.9. The minimum atomic E-state index is -0.280. The van der Waals surface area contributed by atoms with E-state index < -0.39 is 0 Å². The van der Waals surface area contributed by atoms with Crippen molar-refractivity contribution < 1.29 is 0 Å². The van der Waals surface area contributed by atoms with E-state index in [0.717, 1.165) is 18.5 Å². The van der Waals surface area contributed by atoms with Gasteiger partial charge in [-0.05, 0) is 39.0 Å². The van der Waals surface area contributed by atoms with E-state index in [9.17, 15) is 0 Å². The second-order valence-corrected chi connectivity index (χ2v) is 7.16. The number of halogens is 1. The van der Waals surface area contributed by atoms with E-state index in [4.69, 9.17) is 23.3 Å². The van der Waals surface area contributed by atoms with Gasteiger partial charge in [0.25, 0.3) is 0 Å². The van der Waals surface area contributed by atoms with Gasteiger partial charge in [0.1, 0.15) is 6.34 Å². The highest BCUT2D eigenvalue weighted by atomic mass is 35.5. The second kappa shape index (κ2) is 7.64. The Labute approximate surface area is 127 Å². The van der Waals surface area contributed by atoms with Crippen LogP contribution in [0.4, 0.5) is 0 Å². The van der Waals surface area contributed by atoms with Crippen molar-refractivity contribution in [2.45, 2.75) is 59.9 Å². The first-order valence-corrected chi connectivity index (χ1v) is 7.05. The monoisotopic (exact) mass is 301 g/mol. The maximum absolute atomic E-state index is 6.12. The lowest BCUT2D eigenvalue weighted by atomic mass is 9.96. The third-order valence-corrected chi connectivity index (χ3v) is 3.09. The predicted octanol–water partition coefficient (Wildman–Crippen LogP) is 3.21. The highest BCUT2D eigenvalue weighted by Gasteiger charge is 2.23. The van der Waals surface area contributed by atoms with Gasteiger partial charge in [-0.15, -0.1) is 0 Å². The summed E-state index contributed by atoms with van der Waals surface area (Å²) in [6.07, 6.45) is 4.86. The zero-order chi connectivity index (χ0) is 16.0. The first-order chi connectivity index (χ1) is 8.99. The number of nitrogens with zero attached hydrogens (tertiary/aromatic N) is 3. The zero-order valence-corrected chi connectivity index (χ0v) is 14.2. The van der Waals surface area contributed by atoms with E-state index in [0.29, 0.717) is 5.03 Å². The van der Waals surface area contributed by atoms with Crippen molar-refractivity contribution in [3.8, 4) is 0 Å². The van der Waals surface area contributed by atoms with Crippen LogP contribution in [0.15, 0.2) is 20.8 Å². The van der Waals surface area contributed by atoms with Gasteiger partial charge in [0.2, 0.25) is 0 Å². The van der Waals surface area contributed by atoms with Crippen LogP contribution in [0, 0.1) is 5.41 Å². The average molecular weight is 302 g/mol. The summed E-state index contributed by atoms with van der Waals surface area (Å²) in [4.78, 5) is 4.51. The van der Waals surface area contributed by atoms with Crippen LogP contribution in [-0.4, -0.2) is 23.1 Å². The van der Waals surface area contributed by atoms with E-state index in [2.05, 4.69) is 30.9 Å². The fraction of sp³-hybridized carbons (Fsp3) is 0.714. The molecule has 0 spiro atoms. The van der Waals surface area contributed by atoms with Crippen molar-refractivity contribution in [3.63, 3.8) is 0 Å². The van der Waals surface area contributed by atoms with Gasteiger partial charge in [0.05, 0.1) is 11.2 Å². The molecule has 0 aliphatic carbocycles. The Hall–Kier alpha value is -1.07.